The number of hydrogen-bond acceptors (Lipinski definition) is 4. The molecule has 6 heteroatoms. The monoisotopic (exact) mass is 277 g/mol. The first-order valence-corrected chi connectivity index (χ1v) is 7.60. The fourth-order valence-corrected chi connectivity index (χ4v) is 2.93. The molecule has 1 N–H and O–H groups in total. The molecular formula is C14H23N5O. The lowest BCUT2D eigenvalue weighted by Gasteiger charge is -2.34. The maximum atomic E-state index is 12.5. The molecule has 1 saturated heterocycles. The molecular weight excluding hydrogens is 254 g/mol. The third-order valence-electron chi connectivity index (χ3n) is 4.05. The number of rotatable bonds is 3. The van der Waals surface area contributed by atoms with Gasteiger partial charge in [0.05, 0.1) is 0 Å². The first-order valence-electron chi connectivity index (χ1n) is 7.60. The zero-order chi connectivity index (χ0) is 13.9. The van der Waals surface area contributed by atoms with Crippen molar-refractivity contribution in [2.45, 2.75) is 26.3 Å². The van der Waals surface area contributed by atoms with E-state index >= 15 is 0 Å². The van der Waals surface area contributed by atoms with Gasteiger partial charge < -0.3 is 14.8 Å². The van der Waals surface area contributed by atoms with Crippen molar-refractivity contribution in [3.63, 3.8) is 0 Å². The molecule has 2 aliphatic heterocycles. The molecule has 0 bridgehead atoms. The number of amides is 1. The summed E-state index contributed by atoms with van der Waals surface area (Å²) >= 11 is 0. The predicted molar refractivity (Wildman–Crippen MR) is 78.0 cm³/mol. The molecule has 1 aromatic heterocycles. The van der Waals surface area contributed by atoms with E-state index in [4.69, 9.17) is 0 Å². The Morgan fingerprint density at radius 2 is 2.10 bits per heavy atom. The van der Waals surface area contributed by atoms with Crippen LogP contribution in [0.2, 0.25) is 0 Å². The Morgan fingerprint density at radius 1 is 1.30 bits per heavy atom. The van der Waals surface area contributed by atoms with Crippen LogP contribution < -0.4 is 5.32 Å². The Kier molecular flexibility index (Phi) is 3.91. The van der Waals surface area contributed by atoms with E-state index in [1.807, 2.05) is 15.7 Å². The van der Waals surface area contributed by atoms with Crippen molar-refractivity contribution >= 4 is 11.9 Å². The topological polar surface area (TPSA) is 53.4 Å². The average Bonchev–Trinajstić information content (AvgIpc) is 2.91. The number of imidazole rings is 1. The summed E-state index contributed by atoms with van der Waals surface area (Å²) < 4.78 is 2.05. The normalized spacial score (nSPS) is 19.6. The first kappa shape index (κ1) is 13.4. The average molecular weight is 277 g/mol. The van der Waals surface area contributed by atoms with Crippen LogP contribution in [0.1, 0.15) is 30.3 Å². The highest BCUT2D eigenvalue weighted by atomic mass is 16.2. The van der Waals surface area contributed by atoms with Crippen molar-refractivity contribution in [2.24, 2.45) is 0 Å². The van der Waals surface area contributed by atoms with Gasteiger partial charge in [-0.3, -0.25) is 9.69 Å². The van der Waals surface area contributed by atoms with Crippen LogP contribution in [0.15, 0.2) is 6.20 Å². The minimum Gasteiger partial charge on any atom is -0.356 e. The van der Waals surface area contributed by atoms with Gasteiger partial charge >= 0.3 is 0 Å². The second kappa shape index (κ2) is 5.83. The minimum absolute atomic E-state index is 0.0739. The summed E-state index contributed by atoms with van der Waals surface area (Å²) in [6, 6.07) is 0. The van der Waals surface area contributed by atoms with E-state index in [9.17, 15) is 4.79 Å². The van der Waals surface area contributed by atoms with Gasteiger partial charge in [0, 0.05) is 45.5 Å². The molecule has 20 heavy (non-hydrogen) atoms. The highest BCUT2D eigenvalue weighted by molar-refractivity contribution is 5.92. The molecule has 1 fully saturated rings. The number of aromatic nitrogens is 2. The van der Waals surface area contributed by atoms with Crippen LogP contribution in [0.3, 0.4) is 0 Å². The van der Waals surface area contributed by atoms with Gasteiger partial charge in [-0.2, -0.15) is 0 Å². The van der Waals surface area contributed by atoms with Crippen molar-refractivity contribution in [3.05, 3.63) is 11.9 Å². The fourth-order valence-electron chi connectivity index (χ4n) is 2.93. The van der Waals surface area contributed by atoms with E-state index in [2.05, 4.69) is 22.1 Å². The lowest BCUT2D eigenvalue weighted by atomic mass is 10.2. The molecule has 1 amide bonds. The van der Waals surface area contributed by atoms with Gasteiger partial charge in [0.25, 0.3) is 5.91 Å². The number of hydrogen-bond donors (Lipinski definition) is 1. The summed E-state index contributed by atoms with van der Waals surface area (Å²) in [5.74, 6) is 0.911. The summed E-state index contributed by atoms with van der Waals surface area (Å²) in [5.41, 5.74) is 0.582. The van der Waals surface area contributed by atoms with Crippen LogP contribution >= 0.6 is 0 Å². The standard InChI is InChI=1S/C14H23N5O/c1-2-5-17-7-9-18(10-8-17)13(20)12-11-19-6-3-4-15-14(19)16-12/h11H,2-10H2,1H3,(H,15,16). The molecule has 0 spiro atoms. The SMILES string of the molecule is CCCN1CCN(C(=O)c2cn3c(n2)NCCC3)CC1. The Labute approximate surface area is 119 Å². The molecule has 0 atom stereocenters. The maximum absolute atomic E-state index is 12.5. The molecule has 6 nitrogen and oxygen atoms in total. The highest BCUT2D eigenvalue weighted by Crippen LogP contribution is 2.16. The second-order valence-electron chi connectivity index (χ2n) is 5.56. The largest absolute Gasteiger partial charge is 0.356 e. The number of nitrogens with zero attached hydrogens (tertiary/aromatic N) is 4. The van der Waals surface area contributed by atoms with Gasteiger partial charge in [-0.05, 0) is 19.4 Å². The Balaban J connectivity index is 1.63. The van der Waals surface area contributed by atoms with Crippen LogP contribution in [0.5, 0.6) is 0 Å². The van der Waals surface area contributed by atoms with Crippen molar-refractivity contribution in [3.8, 4) is 0 Å². The fraction of sp³-hybridized carbons (Fsp3) is 0.714. The summed E-state index contributed by atoms with van der Waals surface area (Å²) in [4.78, 5) is 21.3. The van der Waals surface area contributed by atoms with E-state index in [0.29, 0.717) is 5.69 Å². The maximum Gasteiger partial charge on any atom is 0.274 e. The van der Waals surface area contributed by atoms with Crippen LogP contribution in [-0.4, -0.2) is 64.5 Å². The smallest absolute Gasteiger partial charge is 0.274 e. The number of fused-ring (bicyclic) bond motifs is 1. The van der Waals surface area contributed by atoms with Gasteiger partial charge in [0.15, 0.2) is 0 Å². The minimum atomic E-state index is 0.0739. The van der Waals surface area contributed by atoms with Gasteiger partial charge in [-0.25, -0.2) is 4.98 Å². The highest BCUT2D eigenvalue weighted by Gasteiger charge is 2.24. The lowest BCUT2D eigenvalue weighted by molar-refractivity contribution is 0.0632. The van der Waals surface area contributed by atoms with Gasteiger partial charge in [0.2, 0.25) is 5.95 Å². The molecule has 0 aromatic carbocycles. The molecule has 0 saturated carbocycles. The Hall–Kier alpha value is -1.56. The predicted octanol–water partition coefficient (Wildman–Crippen LogP) is 0.866. The van der Waals surface area contributed by atoms with Crippen LogP contribution in [0, 0.1) is 0 Å². The number of piperazine rings is 1. The van der Waals surface area contributed by atoms with E-state index in [1.165, 1.54) is 6.42 Å². The van der Waals surface area contributed by atoms with E-state index in [0.717, 1.165) is 58.2 Å². The van der Waals surface area contributed by atoms with E-state index < -0.39 is 0 Å². The third-order valence-corrected chi connectivity index (χ3v) is 4.05. The van der Waals surface area contributed by atoms with Gasteiger partial charge in [-0.1, -0.05) is 6.92 Å². The molecule has 0 radical (unpaired) electrons. The number of aryl methyl sites for hydroxylation is 1. The van der Waals surface area contributed by atoms with Crippen molar-refractivity contribution < 1.29 is 4.79 Å². The zero-order valence-electron chi connectivity index (χ0n) is 12.1. The van der Waals surface area contributed by atoms with Gasteiger partial charge in [-0.15, -0.1) is 0 Å². The molecule has 2 aliphatic rings. The summed E-state index contributed by atoms with van der Waals surface area (Å²) in [6.45, 7) is 8.80. The van der Waals surface area contributed by atoms with E-state index in [1.54, 1.807) is 0 Å². The van der Waals surface area contributed by atoms with Crippen molar-refractivity contribution in [1.29, 1.82) is 0 Å². The van der Waals surface area contributed by atoms with Crippen molar-refractivity contribution in [1.82, 2.24) is 19.4 Å². The van der Waals surface area contributed by atoms with Crippen LogP contribution in [0.4, 0.5) is 5.95 Å². The third kappa shape index (κ3) is 2.65. The van der Waals surface area contributed by atoms with Crippen LogP contribution in [0.25, 0.3) is 0 Å². The Bertz CT molecular complexity index is 452. The number of nitrogens with one attached hydrogen (secondary N) is 1. The number of anilines is 1. The molecule has 3 heterocycles. The summed E-state index contributed by atoms with van der Waals surface area (Å²) in [7, 11) is 0. The lowest BCUT2D eigenvalue weighted by Crippen LogP contribution is -2.48. The molecule has 0 aliphatic carbocycles. The quantitative estimate of drug-likeness (QED) is 0.890. The second-order valence-corrected chi connectivity index (χ2v) is 5.56. The first-order chi connectivity index (χ1) is 9.78. The Morgan fingerprint density at radius 3 is 2.80 bits per heavy atom. The van der Waals surface area contributed by atoms with Crippen molar-refractivity contribution in [2.75, 3.05) is 44.6 Å². The van der Waals surface area contributed by atoms with Gasteiger partial charge in [0.1, 0.15) is 5.69 Å². The number of carbonyl (C=O) groups is 1. The molecule has 3 rings (SSSR count). The van der Waals surface area contributed by atoms with Crippen LogP contribution in [-0.2, 0) is 6.54 Å². The molecule has 110 valence electrons. The molecule has 1 aromatic rings. The van der Waals surface area contributed by atoms with E-state index in [-0.39, 0.29) is 5.91 Å². The zero-order valence-corrected chi connectivity index (χ0v) is 12.1. The summed E-state index contributed by atoms with van der Waals surface area (Å²) in [6.07, 6.45) is 4.16. The summed E-state index contributed by atoms with van der Waals surface area (Å²) in [5, 5.41) is 3.24. The molecule has 0 unspecified atom stereocenters. The number of carbonyl (C=O) groups excluding carboxylic acids is 1.